The van der Waals surface area contributed by atoms with E-state index in [9.17, 15) is 4.79 Å². The predicted molar refractivity (Wildman–Crippen MR) is 57.3 cm³/mol. The van der Waals surface area contributed by atoms with Crippen LogP contribution < -0.4 is 5.32 Å². The van der Waals surface area contributed by atoms with E-state index in [0.717, 1.165) is 12.3 Å². The van der Waals surface area contributed by atoms with Gasteiger partial charge < -0.3 is 10.4 Å². The average Bonchev–Trinajstić information content (AvgIpc) is 2.03. The number of carbonyl (C=O) groups is 1. The third-order valence-electron chi connectivity index (χ3n) is 1.68. The Labute approximate surface area is 84.3 Å². The highest BCUT2D eigenvalue weighted by atomic mass is 32.2. The SMILES string of the molecule is CSCCC(NCC(C)C)C(=O)O. The van der Waals surface area contributed by atoms with Gasteiger partial charge in [0.2, 0.25) is 0 Å². The van der Waals surface area contributed by atoms with Gasteiger partial charge in [-0.15, -0.1) is 0 Å². The molecule has 0 saturated heterocycles. The van der Waals surface area contributed by atoms with Crippen LogP contribution in [-0.2, 0) is 4.79 Å². The molecule has 0 aromatic rings. The highest BCUT2D eigenvalue weighted by molar-refractivity contribution is 7.98. The largest absolute Gasteiger partial charge is 0.480 e. The van der Waals surface area contributed by atoms with E-state index >= 15 is 0 Å². The highest BCUT2D eigenvalue weighted by Gasteiger charge is 2.15. The Morgan fingerprint density at radius 1 is 1.54 bits per heavy atom. The number of hydrogen-bond donors (Lipinski definition) is 2. The second-order valence-corrected chi connectivity index (χ2v) is 4.46. The van der Waals surface area contributed by atoms with Gasteiger partial charge in [-0.05, 0) is 30.9 Å². The van der Waals surface area contributed by atoms with Crippen molar-refractivity contribution in [1.29, 1.82) is 0 Å². The summed E-state index contributed by atoms with van der Waals surface area (Å²) in [5.41, 5.74) is 0. The number of hydrogen-bond acceptors (Lipinski definition) is 3. The molecule has 4 heteroatoms. The van der Waals surface area contributed by atoms with Crippen molar-refractivity contribution in [3.05, 3.63) is 0 Å². The zero-order chi connectivity index (χ0) is 10.3. The molecule has 0 aromatic heterocycles. The fourth-order valence-electron chi connectivity index (χ4n) is 0.927. The van der Waals surface area contributed by atoms with Crippen molar-refractivity contribution in [3.63, 3.8) is 0 Å². The molecule has 0 amide bonds. The Bertz CT molecular complexity index is 151. The Hall–Kier alpha value is -0.220. The van der Waals surface area contributed by atoms with Gasteiger partial charge >= 0.3 is 5.97 Å². The summed E-state index contributed by atoms with van der Waals surface area (Å²) in [6, 6.07) is -0.380. The fraction of sp³-hybridized carbons (Fsp3) is 0.889. The summed E-state index contributed by atoms with van der Waals surface area (Å²) >= 11 is 1.68. The van der Waals surface area contributed by atoms with Crippen LogP contribution in [0.25, 0.3) is 0 Å². The van der Waals surface area contributed by atoms with E-state index in [2.05, 4.69) is 19.2 Å². The van der Waals surface area contributed by atoms with E-state index in [4.69, 9.17) is 5.11 Å². The van der Waals surface area contributed by atoms with E-state index < -0.39 is 5.97 Å². The lowest BCUT2D eigenvalue weighted by molar-refractivity contribution is -0.139. The molecule has 0 bridgehead atoms. The first-order valence-electron chi connectivity index (χ1n) is 4.53. The maximum atomic E-state index is 10.7. The third-order valence-corrected chi connectivity index (χ3v) is 2.33. The van der Waals surface area contributed by atoms with Crippen molar-refractivity contribution in [3.8, 4) is 0 Å². The van der Waals surface area contributed by atoms with Gasteiger partial charge in [-0.1, -0.05) is 13.8 Å². The fourth-order valence-corrected chi connectivity index (χ4v) is 1.40. The van der Waals surface area contributed by atoms with E-state index in [1.54, 1.807) is 11.8 Å². The monoisotopic (exact) mass is 205 g/mol. The first-order chi connectivity index (χ1) is 6.07. The summed E-state index contributed by atoms with van der Waals surface area (Å²) in [5.74, 6) is 0.646. The third kappa shape index (κ3) is 6.90. The standard InChI is InChI=1S/C9H19NO2S/c1-7(2)6-10-8(9(11)12)4-5-13-3/h7-8,10H,4-6H2,1-3H3,(H,11,12). The molecular formula is C9H19NO2S. The summed E-state index contributed by atoms with van der Waals surface area (Å²) in [5, 5.41) is 11.9. The van der Waals surface area contributed by atoms with Crippen molar-refractivity contribution in [2.24, 2.45) is 5.92 Å². The number of thioether (sulfide) groups is 1. The van der Waals surface area contributed by atoms with E-state index in [1.807, 2.05) is 6.26 Å². The molecule has 0 radical (unpaired) electrons. The van der Waals surface area contributed by atoms with Crippen LogP contribution in [-0.4, -0.2) is 35.7 Å². The minimum Gasteiger partial charge on any atom is -0.480 e. The van der Waals surface area contributed by atoms with Crippen molar-refractivity contribution in [2.45, 2.75) is 26.3 Å². The lowest BCUT2D eigenvalue weighted by Gasteiger charge is -2.15. The average molecular weight is 205 g/mol. The molecule has 3 nitrogen and oxygen atoms in total. The maximum Gasteiger partial charge on any atom is 0.320 e. The van der Waals surface area contributed by atoms with Gasteiger partial charge in [0.1, 0.15) is 6.04 Å². The number of carboxylic acids is 1. The van der Waals surface area contributed by atoms with Gasteiger partial charge in [0.15, 0.2) is 0 Å². The molecule has 1 atom stereocenters. The van der Waals surface area contributed by atoms with Gasteiger partial charge in [-0.3, -0.25) is 4.79 Å². The van der Waals surface area contributed by atoms with Crippen LogP contribution in [0.2, 0.25) is 0 Å². The van der Waals surface area contributed by atoms with Crippen LogP contribution in [0, 0.1) is 5.92 Å². The molecule has 0 aliphatic heterocycles. The first-order valence-corrected chi connectivity index (χ1v) is 5.92. The molecule has 1 unspecified atom stereocenters. The number of rotatable bonds is 7. The molecule has 78 valence electrons. The minimum absolute atomic E-state index is 0.380. The second-order valence-electron chi connectivity index (χ2n) is 3.47. The van der Waals surface area contributed by atoms with Crippen LogP contribution >= 0.6 is 11.8 Å². The van der Waals surface area contributed by atoms with Crippen LogP contribution in [0.1, 0.15) is 20.3 Å². The molecule has 2 N–H and O–H groups in total. The zero-order valence-electron chi connectivity index (χ0n) is 8.54. The summed E-state index contributed by atoms with van der Waals surface area (Å²) in [7, 11) is 0. The molecule has 13 heavy (non-hydrogen) atoms. The van der Waals surface area contributed by atoms with Crippen molar-refractivity contribution in [2.75, 3.05) is 18.6 Å². The number of nitrogens with one attached hydrogen (secondary N) is 1. The van der Waals surface area contributed by atoms with E-state index in [0.29, 0.717) is 12.3 Å². The molecule has 0 fully saturated rings. The normalized spacial score (nSPS) is 13.2. The minimum atomic E-state index is -0.741. The molecule has 0 rings (SSSR count). The van der Waals surface area contributed by atoms with Gasteiger partial charge in [0.05, 0.1) is 0 Å². The predicted octanol–water partition coefficient (Wildman–Crippen LogP) is 1.44. The zero-order valence-corrected chi connectivity index (χ0v) is 9.36. The second kappa shape index (κ2) is 7.21. The van der Waals surface area contributed by atoms with Crippen molar-refractivity contribution < 1.29 is 9.90 Å². The lowest BCUT2D eigenvalue weighted by atomic mass is 10.2. The Balaban J connectivity index is 3.74. The molecule has 0 aromatic carbocycles. The summed E-state index contributed by atoms with van der Waals surface area (Å²) in [6.45, 7) is 4.91. The van der Waals surface area contributed by atoms with Gasteiger partial charge in [-0.2, -0.15) is 11.8 Å². The van der Waals surface area contributed by atoms with Crippen LogP contribution in [0.4, 0.5) is 0 Å². The van der Waals surface area contributed by atoms with Gasteiger partial charge in [0, 0.05) is 0 Å². The topological polar surface area (TPSA) is 49.3 Å². The molecule has 0 aliphatic carbocycles. The quantitative estimate of drug-likeness (QED) is 0.660. The summed E-state index contributed by atoms with van der Waals surface area (Å²) in [6.07, 6.45) is 2.69. The number of aliphatic carboxylic acids is 1. The smallest absolute Gasteiger partial charge is 0.320 e. The number of carboxylic acid groups (broad SMARTS) is 1. The molecule has 0 spiro atoms. The molecule has 0 saturated carbocycles. The van der Waals surface area contributed by atoms with Crippen LogP contribution in [0.5, 0.6) is 0 Å². The first kappa shape index (κ1) is 12.8. The molecular weight excluding hydrogens is 186 g/mol. The van der Waals surface area contributed by atoms with E-state index in [-0.39, 0.29) is 6.04 Å². The molecule has 0 aliphatic rings. The lowest BCUT2D eigenvalue weighted by Crippen LogP contribution is -2.39. The van der Waals surface area contributed by atoms with Gasteiger partial charge in [0.25, 0.3) is 0 Å². The highest BCUT2D eigenvalue weighted by Crippen LogP contribution is 2.01. The van der Waals surface area contributed by atoms with E-state index in [1.165, 1.54) is 0 Å². The summed E-state index contributed by atoms with van der Waals surface area (Å²) < 4.78 is 0. The van der Waals surface area contributed by atoms with Crippen LogP contribution in [0.3, 0.4) is 0 Å². The maximum absolute atomic E-state index is 10.7. The van der Waals surface area contributed by atoms with Crippen molar-refractivity contribution in [1.82, 2.24) is 5.32 Å². The molecule has 0 heterocycles. The Morgan fingerprint density at radius 3 is 2.54 bits per heavy atom. The Morgan fingerprint density at radius 2 is 2.15 bits per heavy atom. The summed E-state index contributed by atoms with van der Waals surface area (Å²) in [4.78, 5) is 10.7. The Kier molecular flexibility index (Phi) is 7.09. The van der Waals surface area contributed by atoms with Gasteiger partial charge in [-0.25, -0.2) is 0 Å². The van der Waals surface area contributed by atoms with Crippen LogP contribution in [0.15, 0.2) is 0 Å². The van der Waals surface area contributed by atoms with Crippen molar-refractivity contribution >= 4 is 17.7 Å².